The largest absolute Gasteiger partial charge is 0.327 e. The molecular formula is C16H23N. The number of hydrogen-bond donors (Lipinski definition) is 1. The Morgan fingerprint density at radius 1 is 1.12 bits per heavy atom. The predicted molar refractivity (Wildman–Crippen MR) is 71.8 cm³/mol. The van der Waals surface area contributed by atoms with Crippen LogP contribution in [-0.2, 0) is 0 Å². The van der Waals surface area contributed by atoms with Gasteiger partial charge in [0.2, 0.25) is 0 Å². The summed E-state index contributed by atoms with van der Waals surface area (Å²) in [4.78, 5) is 0. The van der Waals surface area contributed by atoms with Crippen LogP contribution < -0.4 is 5.73 Å². The zero-order valence-electron chi connectivity index (χ0n) is 10.7. The van der Waals surface area contributed by atoms with Crippen LogP contribution in [0.25, 0.3) is 0 Å². The number of nitrogens with two attached hydrogens (primary N) is 1. The van der Waals surface area contributed by atoms with Gasteiger partial charge < -0.3 is 5.73 Å². The molecule has 92 valence electrons. The van der Waals surface area contributed by atoms with E-state index in [1.807, 2.05) is 0 Å². The van der Waals surface area contributed by atoms with Gasteiger partial charge in [-0.3, -0.25) is 0 Å². The van der Waals surface area contributed by atoms with Crippen molar-refractivity contribution >= 4 is 0 Å². The van der Waals surface area contributed by atoms with Gasteiger partial charge in [0.15, 0.2) is 0 Å². The van der Waals surface area contributed by atoms with E-state index in [1.54, 1.807) is 0 Å². The summed E-state index contributed by atoms with van der Waals surface area (Å²) in [5.74, 6) is 3.21. The quantitative estimate of drug-likeness (QED) is 0.842. The molecule has 3 rings (SSSR count). The minimum atomic E-state index is 0.449. The first-order valence-corrected chi connectivity index (χ1v) is 7.06. The van der Waals surface area contributed by atoms with Gasteiger partial charge >= 0.3 is 0 Å². The van der Waals surface area contributed by atoms with Crippen LogP contribution in [0.4, 0.5) is 0 Å². The Kier molecular flexibility index (Phi) is 2.96. The molecule has 5 atom stereocenters. The van der Waals surface area contributed by atoms with Crippen molar-refractivity contribution in [3.8, 4) is 0 Å². The minimum Gasteiger partial charge on any atom is -0.327 e. The van der Waals surface area contributed by atoms with Crippen molar-refractivity contribution in [2.75, 3.05) is 0 Å². The Morgan fingerprint density at radius 3 is 2.53 bits per heavy atom. The van der Waals surface area contributed by atoms with E-state index < -0.39 is 0 Å². The molecule has 0 bridgehead atoms. The molecule has 17 heavy (non-hydrogen) atoms. The van der Waals surface area contributed by atoms with Crippen LogP contribution in [0.15, 0.2) is 30.3 Å². The first-order chi connectivity index (χ1) is 8.25. The first kappa shape index (κ1) is 11.3. The third-order valence-electron chi connectivity index (χ3n) is 4.84. The molecule has 2 aliphatic carbocycles. The van der Waals surface area contributed by atoms with E-state index >= 15 is 0 Å². The number of rotatable bonds is 3. The van der Waals surface area contributed by atoms with Crippen molar-refractivity contribution in [2.24, 2.45) is 23.5 Å². The summed E-state index contributed by atoms with van der Waals surface area (Å²) in [6.45, 7) is 2.37. The van der Waals surface area contributed by atoms with E-state index in [4.69, 9.17) is 5.73 Å². The van der Waals surface area contributed by atoms with Gasteiger partial charge in [-0.25, -0.2) is 0 Å². The van der Waals surface area contributed by atoms with Crippen molar-refractivity contribution < 1.29 is 0 Å². The van der Waals surface area contributed by atoms with E-state index in [1.165, 1.54) is 31.2 Å². The predicted octanol–water partition coefficient (Wildman–Crippen LogP) is 3.55. The van der Waals surface area contributed by atoms with Crippen LogP contribution in [0.1, 0.15) is 44.1 Å². The van der Waals surface area contributed by atoms with Gasteiger partial charge in [0.25, 0.3) is 0 Å². The first-order valence-electron chi connectivity index (χ1n) is 7.06. The molecule has 1 aromatic rings. The fraction of sp³-hybridized carbons (Fsp3) is 0.625. The molecule has 1 aromatic carbocycles. The highest BCUT2D eigenvalue weighted by atomic mass is 14.7. The van der Waals surface area contributed by atoms with Crippen molar-refractivity contribution in [3.63, 3.8) is 0 Å². The minimum absolute atomic E-state index is 0.449. The van der Waals surface area contributed by atoms with Crippen molar-refractivity contribution in [2.45, 2.75) is 44.6 Å². The van der Waals surface area contributed by atoms with E-state index in [0.717, 1.165) is 23.7 Å². The number of benzene rings is 1. The summed E-state index contributed by atoms with van der Waals surface area (Å²) < 4.78 is 0. The van der Waals surface area contributed by atoms with Crippen LogP contribution in [-0.4, -0.2) is 6.04 Å². The second kappa shape index (κ2) is 4.45. The van der Waals surface area contributed by atoms with Crippen LogP contribution in [0.2, 0.25) is 0 Å². The monoisotopic (exact) mass is 229 g/mol. The molecule has 0 aliphatic heterocycles. The normalized spacial score (nSPS) is 38.0. The van der Waals surface area contributed by atoms with E-state index in [9.17, 15) is 0 Å². The molecule has 0 amide bonds. The summed E-state index contributed by atoms with van der Waals surface area (Å²) in [6.07, 6.45) is 5.43. The third-order valence-corrected chi connectivity index (χ3v) is 4.84. The second-order valence-corrected chi connectivity index (χ2v) is 6.17. The summed E-state index contributed by atoms with van der Waals surface area (Å²) in [5.41, 5.74) is 7.97. The van der Waals surface area contributed by atoms with E-state index in [0.29, 0.717) is 6.04 Å². The molecule has 1 heteroatoms. The van der Waals surface area contributed by atoms with Gasteiger partial charge in [0.1, 0.15) is 0 Å². The van der Waals surface area contributed by atoms with Gasteiger partial charge in [-0.2, -0.15) is 0 Å². The van der Waals surface area contributed by atoms with Crippen LogP contribution >= 0.6 is 0 Å². The zero-order chi connectivity index (χ0) is 11.8. The lowest BCUT2D eigenvalue weighted by atomic mass is 9.92. The fourth-order valence-corrected chi connectivity index (χ4v) is 3.67. The SMILES string of the molecule is CC1CCC(C(N)C2CC2c2ccccc2)C1. The second-order valence-electron chi connectivity index (χ2n) is 6.17. The fourth-order valence-electron chi connectivity index (χ4n) is 3.67. The third kappa shape index (κ3) is 2.26. The summed E-state index contributed by atoms with van der Waals surface area (Å²) in [7, 11) is 0. The Hall–Kier alpha value is -0.820. The molecule has 2 fully saturated rings. The van der Waals surface area contributed by atoms with Crippen molar-refractivity contribution in [1.82, 2.24) is 0 Å². The van der Waals surface area contributed by atoms with Crippen molar-refractivity contribution in [1.29, 1.82) is 0 Å². The van der Waals surface area contributed by atoms with Gasteiger partial charge in [-0.1, -0.05) is 43.7 Å². The van der Waals surface area contributed by atoms with Crippen LogP contribution in [0.3, 0.4) is 0 Å². The Labute approximate surface area is 104 Å². The molecule has 0 radical (unpaired) electrons. The van der Waals surface area contributed by atoms with Gasteiger partial charge in [-0.15, -0.1) is 0 Å². The lowest BCUT2D eigenvalue weighted by molar-refractivity contribution is 0.379. The lowest BCUT2D eigenvalue weighted by Gasteiger charge is -2.19. The van der Waals surface area contributed by atoms with E-state index in [-0.39, 0.29) is 0 Å². The molecule has 1 nitrogen and oxygen atoms in total. The summed E-state index contributed by atoms with van der Waals surface area (Å²) in [5, 5.41) is 0. The molecular weight excluding hydrogens is 206 g/mol. The molecule has 0 spiro atoms. The van der Waals surface area contributed by atoms with Gasteiger partial charge in [0.05, 0.1) is 0 Å². The Bertz CT molecular complexity index is 372. The highest BCUT2D eigenvalue weighted by molar-refractivity contribution is 5.26. The summed E-state index contributed by atoms with van der Waals surface area (Å²) in [6, 6.07) is 11.4. The molecule has 0 aromatic heterocycles. The standard InChI is InChI=1S/C16H23N/c1-11-7-8-13(9-11)16(17)15-10-14(15)12-5-3-2-4-6-12/h2-6,11,13-16H,7-10,17H2,1H3. The maximum absolute atomic E-state index is 6.47. The van der Waals surface area contributed by atoms with E-state index in [2.05, 4.69) is 37.3 Å². The molecule has 5 unspecified atom stereocenters. The molecule has 2 saturated carbocycles. The zero-order valence-corrected chi connectivity index (χ0v) is 10.7. The molecule has 0 saturated heterocycles. The average Bonchev–Trinajstić information content (AvgIpc) is 3.05. The summed E-state index contributed by atoms with van der Waals surface area (Å²) >= 11 is 0. The maximum Gasteiger partial charge on any atom is 0.0102 e. The molecule has 0 heterocycles. The van der Waals surface area contributed by atoms with Crippen LogP contribution in [0.5, 0.6) is 0 Å². The maximum atomic E-state index is 6.47. The Morgan fingerprint density at radius 2 is 1.88 bits per heavy atom. The number of hydrogen-bond acceptors (Lipinski definition) is 1. The van der Waals surface area contributed by atoms with Crippen molar-refractivity contribution in [3.05, 3.63) is 35.9 Å². The smallest absolute Gasteiger partial charge is 0.0102 e. The van der Waals surface area contributed by atoms with Gasteiger partial charge in [-0.05, 0) is 48.5 Å². The average molecular weight is 229 g/mol. The highest BCUT2D eigenvalue weighted by Crippen LogP contribution is 2.52. The van der Waals surface area contributed by atoms with Gasteiger partial charge in [0, 0.05) is 6.04 Å². The molecule has 2 N–H and O–H groups in total. The lowest BCUT2D eigenvalue weighted by Crippen LogP contribution is -2.31. The Balaban J connectivity index is 1.61. The van der Waals surface area contributed by atoms with Crippen LogP contribution in [0, 0.1) is 17.8 Å². The molecule has 2 aliphatic rings. The highest BCUT2D eigenvalue weighted by Gasteiger charge is 2.45. The topological polar surface area (TPSA) is 26.0 Å².